The second-order valence-corrected chi connectivity index (χ2v) is 7.81. The topological polar surface area (TPSA) is 96.5 Å². The highest BCUT2D eigenvalue weighted by Gasteiger charge is 2.38. The van der Waals surface area contributed by atoms with E-state index in [0.717, 1.165) is 43.7 Å². The first kappa shape index (κ1) is 23.6. The van der Waals surface area contributed by atoms with Crippen LogP contribution >= 0.6 is 12.4 Å². The number of hydrogen-bond donors (Lipinski definition) is 3. The highest BCUT2D eigenvalue weighted by Crippen LogP contribution is 2.22. The molecular weight excluding hydrogens is 411 g/mol. The molecule has 154 valence electrons. The molecule has 0 saturated carbocycles. The average molecular weight is 432 g/mol. The molecule has 1 amide bonds. The van der Waals surface area contributed by atoms with Gasteiger partial charge in [0.05, 0.1) is 17.0 Å². The minimum absolute atomic E-state index is 0. The van der Waals surface area contributed by atoms with Crippen LogP contribution in [0.15, 0.2) is 29.2 Å². The molecule has 1 saturated heterocycles. The fourth-order valence-corrected chi connectivity index (χ4v) is 3.83. The lowest BCUT2D eigenvalue weighted by molar-refractivity contribution is -0.167. The van der Waals surface area contributed by atoms with Crippen LogP contribution < -0.4 is 15.4 Å². The van der Waals surface area contributed by atoms with Gasteiger partial charge in [0.1, 0.15) is 0 Å². The summed E-state index contributed by atoms with van der Waals surface area (Å²) >= 11 is 0. The summed E-state index contributed by atoms with van der Waals surface area (Å²) in [6, 6.07) is 4.44. The number of carbonyl (C=O) groups is 1. The van der Waals surface area contributed by atoms with Gasteiger partial charge in [-0.15, -0.1) is 12.4 Å². The van der Waals surface area contributed by atoms with Crippen LogP contribution in [0.3, 0.4) is 0 Å². The predicted octanol–water partition coefficient (Wildman–Crippen LogP) is 1.66. The van der Waals surface area contributed by atoms with E-state index < -0.39 is 27.6 Å². The Labute approximate surface area is 161 Å². The van der Waals surface area contributed by atoms with Crippen LogP contribution in [0.1, 0.15) is 12.8 Å². The third kappa shape index (κ3) is 6.32. The van der Waals surface area contributed by atoms with Crippen LogP contribution in [0.5, 0.6) is 0 Å². The Morgan fingerprint density at radius 3 is 2.41 bits per heavy atom. The van der Waals surface area contributed by atoms with E-state index >= 15 is 0 Å². The van der Waals surface area contributed by atoms with Crippen molar-refractivity contribution in [1.29, 1.82) is 0 Å². The van der Waals surface area contributed by atoms with E-state index in [0.29, 0.717) is 6.61 Å². The fraction of sp³-hybridized carbons (Fsp3) is 0.533. The monoisotopic (exact) mass is 431 g/mol. The molecule has 0 spiro atoms. The summed E-state index contributed by atoms with van der Waals surface area (Å²) in [6.07, 6.45) is -3.36. The van der Waals surface area contributed by atoms with E-state index in [1.54, 1.807) is 5.32 Å². The normalized spacial score (nSPS) is 20.1. The third-order valence-electron chi connectivity index (χ3n) is 4.03. The predicted molar refractivity (Wildman–Crippen MR) is 95.4 cm³/mol. The summed E-state index contributed by atoms with van der Waals surface area (Å²) in [7, 11) is -2.33. The molecule has 1 aliphatic heterocycles. The maximum absolute atomic E-state index is 12.4. The molecule has 1 aromatic carbocycles. The molecule has 0 aliphatic carbocycles. The van der Waals surface area contributed by atoms with Gasteiger partial charge in [0.15, 0.2) is 0 Å². The molecule has 1 aliphatic rings. The summed E-state index contributed by atoms with van der Waals surface area (Å²) in [5.74, 6) is -2.12. The summed E-state index contributed by atoms with van der Waals surface area (Å²) in [4.78, 5) is 10.8. The second kappa shape index (κ2) is 9.20. The lowest BCUT2D eigenvalue weighted by Gasteiger charge is -2.28. The van der Waals surface area contributed by atoms with E-state index in [1.807, 2.05) is 0 Å². The molecule has 1 atom stereocenters. The Hall–Kier alpha value is -1.40. The van der Waals surface area contributed by atoms with Crippen molar-refractivity contribution in [2.24, 2.45) is 0 Å². The number of sulfonamides is 1. The number of rotatable bonds is 7. The summed E-state index contributed by atoms with van der Waals surface area (Å²) < 4.78 is 69.1. The third-order valence-corrected chi connectivity index (χ3v) is 5.45. The molecule has 3 N–H and O–H groups in total. The summed E-state index contributed by atoms with van der Waals surface area (Å²) in [5.41, 5.74) is -0.637. The number of alkyl halides is 3. The lowest BCUT2D eigenvalue weighted by Crippen LogP contribution is -2.52. The van der Waals surface area contributed by atoms with Crippen LogP contribution in [0.4, 0.5) is 18.9 Å². The van der Waals surface area contributed by atoms with Crippen LogP contribution in [0, 0.1) is 0 Å². The Morgan fingerprint density at radius 1 is 1.30 bits per heavy atom. The van der Waals surface area contributed by atoms with Gasteiger partial charge < -0.3 is 15.4 Å². The van der Waals surface area contributed by atoms with E-state index in [4.69, 9.17) is 4.74 Å². The number of carbonyl (C=O) groups excluding carboxylic acids is 1. The number of benzene rings is 1. The first-order valence-corrected chi connectivity index (χ1v) is 9.28. The number of ether oxygens (including phenoxy) is 1. The molecule has 0 aromatic heterocycles. The van der Waals surface area contributed by atoms with E-state index in [1.165, 1.54) is 7.11 Å². The zero-order valence-corrected chi connectivity index (χ0v) is 16.1. The molecule has 0 bridgehead atoms. The van der Waals surface area contributed by atoms with Gasteiger partial charge in [-0.3, -0.25) is 4.79 Å². The van der Waals surface area contributed by atoms with Gasteiger partial charge in [-0.05, 0) is 43.7 Å². The molecule has 1 aromatic rings. The standard InChI is InChI=1S/C15H20F3N3O4S.ClH/c1-25-10-14(7-2-8-19-14)9-20-26(23,24)12-5-3-11(4-6-12)21-13(22)15(16,17)18;/h3-6,19-20H,2,7-10H2,1H3,(H,21,22);1H. The van der Waals surface area contributed by atoms with Crippen molar-refractivity contribution in [1.82, 2.24) is 10.0 Å². The van der Waals surface area contributed by atoms with Crippen LogP contribution in [0.25, 0.3) is 0 Å². The molecule has 27 heavy (non-hydrogen) atoms. The Balaban J connectivity index is 0.00000364. The van der Waals surface area contributed by atoms with E-state index in [2.05, 4.69) is 10.0 Å². The van der Waals surface area contributed by atoms with Gasteiger partial charge in [0.25, 0.3) is 0 Å². The Morgan fingerprint density at radius 2 is 1.93 bits per heavy atom. The summed E-state index contributed by atoms with van der Waals surface area (Å²) in [5, 5.41) is 4.89. The van der Waals surface area contributed by atoms with E-state index in [-0.39, 0.29) is 29.5 Å². The van der Waals surface area contributed by atoms with Crippen molar-refractivity contribution in [2.45, 2.75) is 29.5 Å². The number of amides is 1. The van der Waals surface area contributed by atoms with Gasteiger partial charge in [-0.2, -0.15) is 13.2 Å². The fourth-order valence-electron chi connectivity index (χ4n) is 2.71. The van der Waals surface area contributed by atoms with Gasteiger partial charge in [0.2, 0.25) is 10.0 Å². The van der Waals surface area contributed by atoms with Gasteiger partial charge in [-0.1, -0.05) is 0 Å². The zero-order valence-electron chi connectivity index (χ0n) is 14.4. The smallest absolute Gasteiger partial charge is 0.383 e. The quantitative estimate of drug-likeness (QED) is 0.610. The highest BCUT2D eigenvalue weighted by atomic mass is 35.5. The Kier molecular flexibility index (Phi) is 8.05. The zero-order chi connectivity index (χ0) is 19.4. The maximum Gasteiger partial charge on any atom is 0.471 e. The van der Waals surface area contributed by atoms with Crippen molar-refractivity contribution < 1.29 is 31.1 Å². The van der Waals surface area contributed by atoms with E-state index in [9.17, 15) is 26.4 Å². The molecule has 7 nitrogen and oxygen atoms in total. The van der Waals surface area contributed by atoms with Crippen molar-refractivity contribution in [3.8, 4) is 0 Å². The van der Waals surface area contributed by atoms with Gasteiger partial charge >= 0.3 is 12.1 Å². The lowest BCUT2D eigenvalue weighted by atomic mass is 9.99. The van der Waals surface area contributed by atoms with Crippen molar-refractivity contribution in [3.63, 3.8) is 0 Å². The second-order valence-electron chi connectivity index (χ2n) is 6.04. The maximum atomic E-state index is 12.4. The number of methoxy groups -OCH3 is 1. The minimum Gasteiger partial charge on any atom is -0.383 e. The molecule has 12 heteroatoms. The van der Waals surface area contributed by atoms with Crippen molar-refractivity contribution in [3.05, 3.63) is 24.3 Å². The van der Waals surface area contributed by atoms with Crippen LogP contribution in [-0.2, 0) is 19.6 Å². The van der Waals surface area contributed by atoms with Crippen LogP contribution in [-0.4, -0.2) is 52.8 Å². The number of halogens is 4. The number of anilines is 1. The minimum atomic E-state index is -5.02. The first-order valence-electron chi connectivity index (χ1n) is 7.80. The Bertz CT molecular complexity index is 736. The molecule has 1 heterocycles. The van der Waals surface area contributed by atoms with Crippen molar-refractivity contribution in [2.75, 3.05) is 32.1 Å². The van der Waals surface area contributed by atoms with Crippen molar-refractivity contribution >= 4 is 34.0 Å². The first-order chi connectivity index (χ1) is 12.1. The number of nitrogens with one attached hydrogen (secondary N) is 3. The van der Waals surface area contributed by atoms with Crippen LogP contribution in [0.2, 0.25) is 0 Å². The average Bonchev–Trinajstić information content (AvgIpc) is 3.02. The molecule has 2 rings (SSSR count). The SMILES string of the molecule is COCC1(CNS(=O)(=O)c2ccc(NC(=O)C(F)(F)F)cc2)CCCN1.Cl. The largest absolute Gasteiger partial charge is 0.471 e. The molecule has 0 radical (unpaired) electrons. The number of hydrogen-bond acceptors (Lipinski definition) is 5. The molecule has 1 fully saturated rings. The van der Waals surface area contributed by atoms with Gasteiger partial charge in [-0.25, -0.2) is 13.1 Å². The highest BCUT2D eigenvalue weighted by molar-refractivity contribution is 7.89. The molecular formula is C15H21ClF3N3O4S. The molecule has 1 unspecified atom stereocenters. The van der Waals surface area contributed by atoms with Gasteiger partial charge in [0, 0.05) is 19.3 Å². The summed E-state index contributed by atoms with van der Waals surface area (Å²) in [6.45, 7) is 1.23.